The van der Waals surface area contributed by atoms with Crippen LogP contribution in [0.5, 0.6) is 0 Å². The molecule has 6 nitrogen and oxygen atoms in total. The van der Waals surface area contributed by atoms with Crippen molar-refractivity contribution in [2.75, 3.05) is 19.7 Å². The highest BCUT2D eigenvalue weighted by Crippen LogP contribution is 2.30. The van der Waals surface area contributed by atoms with Gasteiger partial charge in [-0.3, -0.25) is 4.68 Å². The fourth-order valence-electron chi connectivity index (χ4n) is 2.55. The highest BCUT2D eigenvalue weighted by Gasteiger charge is 2.36. The van der Waals surface area contributed by atoms with Crippen LogP contribution in [0, 0.1) is 5.92 Å². The number of ether oxygens (including phenoxy) is 1. The average molecular weight is 377 g/mol. The summed E-state index contributed by atoms with van der Waals surface area (Å²) in [6.45, 7) is 9.84. The van der Waals surface area contributed by atoms with Crippen LogP contribution in [0.3, 0.4) is 0 Å². The molecule has 9 heteroatoms. The number of alkyl halides is 3. The van der Waals surface area contributed by atoms with Gasteiger partial charge in [0, 0.05) is 38.5 Å². The zero-order valence-corrected chi connectivity index (χ0v) is 16.2. The molecule has 1 unspecified atom stereocenters. The number of rotatable bonds is 9. The maximum absolute atomic E-state index is 13.0. The van der Waals surface area contributed by atoms with Gasteiger partial charge >= 0.3 is 6.18 Å². The summed E-state index contributed by atoms with van der Waals surface area (Å²) in [6, 6.07) is 0. The molecule has 1 heterocycles. The molecule has 150 valence electrons. The standard InChI is InChI=1S/C17H30F3N5O/c1-6-21-16(22-9-8-14(12(3)4)26-7-2)23-10-13-11-25(5)24-15(13)17(18,19)20/h11-12,14H,6-10H2,1-5H3,(H2,21,22,23). The Morgan fingerprint density at radius 3 is 2.54 bits per heavy atom. The monoisotopic (exact) mass is 377 g/mol. The Labute approximate surface area is 153 Å². The van der Waals surface area contributed by atoms with Gasteiger partial charge in [-0.05, 0) is 26.2 Å². The van der Waals surface area contributed by atoms with Crippen molar-refractivity contribution in [2.45, 2.75) is 52.9 Å². The van der Waals surface area contributed by atoms with Crippen molar-refractivity contribution >= 4 is 5.96 Å². The second kappa shape index (κ2) is 10.4. The van der Waals surface area contributed by atoms with Crippen LogP contribution >= 0.6 is 0 Å². The number of guanidine groups is 1. The van der Waals surface area contributed by atoms with Gasteiger partial charge in [-0.1, -0.05) is 13.8 Å². The van der Waals surface area contributed by atoms with Gasteiger partial charge in [0.1, 0.15) is 0 Å². The molecule has 0 saturated carbocycles. The van der Waals surface area contributed by atoms with E-state index in [0.29, 0.717) is 31.6 Å². The Kier molecular flexibility index (Phi) is 8.91. The van der Waals surface area contributed by atoms with Crippen molar-refractivity contribution in [3.05, 3.63) is 17.5 Å². The van der Waals surface area contributed by atoms with E-state index in [-0.39, 0.29) is 18.2 Å². The van der Waals surface area contributed by atoms with Gasteiger partial charge in [-0.25, -0.2) is 4.99 Å². The predicted octanol–water partition coefficient (Wildman–Crippen LogP) is 2.95. The number of hydrogen-bond acceptors (Lipinski definition) is 3. The molecule has 1 rings (SSSR count). The van der Waals surface area contributed by atoms with Gasteiger partial charge in [0.2, 0.25) is 0 Å². The summed E-state index contributed by atoms with van der Waals surface area (Å²) in [7, 11) is 1.46. The summed E-state index contributed by atoms with van der Waals surface area (Å²) < 4.78 is 45.9. The highest BCUT2D eigenvalue weighted by atomic mass is 19.4. The zero-order valence-electron chi connectivity index (χ0n) is 16.2. The van der Waals surface area contributed by atoms with Crippen molar-refractivity contribution in [1.29, 1.82) is 0 Å². The maximum atomic E-state index is 13.0. The molecule has 0 radical (unpaired) electrons. The third kappa shape index (κ3) is 7.23. The van der Waals surface area contributed by atoms with E-state index in [2.05, 4.69) is 34.6 Å². The van der Waals surface area contributed by atoms with E-state index in [4.69, 9.17) is 4.74 Å². The number of aromatic nitrogens is 2. The molecule has 1 aromatic rings. The second-order valence-corrected chi connectivity index (χ2v) is 6.32. The minimum absolute atomic E-state index is 0.0478. The van der Waals surface area contributed by atoms with Crippen LogP contribution in [-0.4, -0.2) is 41.5 Å². The Morgan fingerprint density at radius 1 is 1.31 bits per heavy atom. The summed E-state index contributed by atoms with van der Waals surface area (Å²) in [5.74, 6) is 0.865. The van der Waals surface area contributed by atoms with Gasteiger partial charge in [0.25, 0.3) is 0 Å². The Hall–Kier alpha value is -1.77. The molecule has 0 amide bonds. The zero-order chi connectivity index (χ0) is 19.7. The van der Waals surface area contributed by atoms with Crippen LogP contribution in [-0.2, 0) is 24.5 Å². The first-order valence-corrected chi connectivity index (χ1v) is 8.92. The number of halogens is 3. The molecule has 0 aliphatic heterocycles. The van der Waals surface area contributed by atoms with E-state index in [1.54, 1.807) is 0 Å². The molecule has 2 N–H and O–H groups in total. The van der Waals surface area contributed by atoms with Crippen LogP contribution in [0.15, 0.2) is 11.2 Å². The highest BCUT2D eigenvalue weighted by molar-refractivity contribution is 5.79. The molecule has 0 bridgehead atoms. The van der Waals surface area contributed by atoms with Crippen molar-refractivity contribution in [2.24, 2.45) is 18.0 Å². The summed E-state index contributed by atoms with van der Waals surface area (Å²) in [6.07, 6.45) is -2.22. The van der Waals surface area contributed by atoms with Gasteiger partial charge < -0.3 is 15.4 Å². The number of nitrogens with zero attached hydrogens (tertiary/aromatic N) is 3. The molecule has 0 spiro atoms. The largest absolute Gasteiger partial charge is 0.435 e. The van der Waals surface area contributed by atoms with E-state index in [9.17, 15) is 13.2 Å². The Balaban J connectivity index is 2.72. The maximum Gasteiger partial charge on any atom is 0.435 e. The van der Waals surface area contributed by atoms with E-state index in [0.717, 1.165) is 11.1 Å². The summed E-state index contributed by atoms with van der Waals surface area (Å²) >= 11 is 0. The van der Waals surface area contributed by atoms with Crippen LogP contribution in [0.4, 0.5) is 13.2 Å². The SMILES string of the molecule is CCNC(=NCc1cn(C)nc1C(F)(F)F)NCCC(OCC)C(C)C. The molecule has 0 aliphatic rings. The fourth-order valence-corrected chi connectivity index (χ4v) is 2.55. The summed E-state index contributed by atoms with van der Waals surface area (Å²) in [5, 5.41) is 9.69. The lowest BCUT2D eigenvalue weighted by atomic mass is 10.0. The first-order chi connectivity index (χ1) is 12.2. The molecule has 1 atom stereocenters. The molecular formula is C17H30F3N5O. The fraction of sp³-hybridized carbons (Fsp3) is 0.765. The van der Waals surface area contributed by atoms with Gasteiger partial charge in [0.15, 0.2) is 11.7 Å². The average Bonchev–Trinajstić information content (AvgIpc) is 2.92. The number of aliphatic imine (C=N–C) groups is 1. The van der Waals surface area contributed by atoms with Gasteiger partial charge in [-0.2, -0.15) is 18.3 Å². The molecular weight excluding hydrogens is 347 g/mol. The van der Waals surface area contributed by atoms with Crippen LogP contribution in [0.1, 0.15) is 45.4 Å². The first kappa shape index (κ1) is 22.3. The van der Waals surface area contributed by atoms with Crippen LogP contribution in [0.25, 0.3) is 0 Å². The third-order valence-corrected chi connectivity index (χ3v) is 3.77. The topological polar surface area (TPSA) is 63.5 Å². The van der Waals surface area contributed by atoms with Crippen molar-refractivity contribution < 1.29 is 17.9 Å². The number of aryl methyl sites for hydroxylation is 1. The van der Waals surface area contributed by atoms with Crippen molar-refractivity contribution in [3.8, 4) is 0 Å². The lowest BCUT2D eigenvalue weighted by Gasteiger charge is -2.21. The quantitative estimate of drug-likeness (QED) is 0.513. The minimum Gasteiger partial charge on any atom is -0.378 e. The molecule has 26 heavy (non-hydrogen) atoms. The number of hydrogen-bond donors (Lipinski definition) is 2. The molecule has 0 saturated heterocycles. The third-order valence-electron chi connectivity index (χ3n) is 3.77. The number of nitrogens with one attached hydrogen (secondary N) is 2. The van der Waals surface area contributed by atoms with Crippen LogP contribution < -0.4 is 10.6 Å². The van der Waals surface area contributed by atoms with E-state index >= 15 is 0 Å². The van der Waals surface area contributed by atoms with E-state index in [1.807, 2.05) is 13.8 Å². The Bertz CT molecular complexity index is 569. The van der Waals surface area contributed by atoms with Gasteiger partial charge in [0.05, 0.1) is 12.6 Å². The first-order valence-electron chi connectivity index (χ1n) is 8.92. The van der Waals surface area contributed by atoms with Crippen molar-refractivity contribution in [1.82, 2.24) is 20.4 Å². The lowest BCUT2D eigenvalue weighted by molar-refractivity contribution is -0.142. The summed E-state index contributed by atoms with van der Waals surface area (Å²) in [5.41, 5.74) is -0.845. The lowest BCUT2D eigenvalue weighted by Crippen LogP contribution is -2.39. The predicted molar refractivity (Wildman–Crippen MR) is 95.9 cm³/mol. The minimum atomic E-state index is -4.49. The normalized spacial score (nSPS) is 14.0. The van der Waals surface area contributed by atoms with E-state index in [1.165, 1.54) is 13.2 Å². The molecule has 0 aromatic carbocycles. The van der Waals surface area contributed by atoms with Crippen LogP contribution in [0.2, 0.25) is 0 Å². The molecule has 0 fully saturated rings. The van der Waals surface area contributed by atoms with E-state index < -0.39 is 11.9 Å². The molecule has 1 aromatic heterocycles. The Morgan fingerprint density at radius 2 is 2.00 bits per heavy atom. The van der Waals surface area contributed by atoms with Crippen molar-refractivity contribution in [3.63, 3.8) is 0 Å². The molecule has 0 aliphatic carbocycles. The summed E-state index contributed by atoms with van der Waals surface area (Å²) in [4.78, 5) is 4.26. The van der Waals surface area contributed by atoms with Gasteiger partial charge in [-0.15, -0.1) is 0 Å². The smallest absolute Gasteiger partial charge is 0.378 e. The second-order valence-electron chi connectivity index (χ2n) is 6.32.